The van der Waals surface area contributed by atoms with Gasteiger partial charge in [0.1, 0.15) is 12.6 Å². The maximum atomic E-state index is 11.5. The van der Waals surface area contributed by atoms with Crippen LogP contribution >= 0.6 is 0 Å². The van der Waals surface area contributed by atoms with Crippen LogP contribution in [-0.2, 0) is 23.8 Å². The van der Waals surface area contributed by atoms with Crippen LogP contribution < -0.4 is 5.32 Å². The van der Waals surface area contributed by atoms with E-state index in [1.807, 2.05) is 0 Å². The monoisotopic (exact) mass is 306 g/mol. The van der Waals surface area contributed by atoms with E-state index in [9.17, 15) is 18.0 Å². The number of nitriles is 1. The van der Waals surface area contributed by atoms with Gasteiger partial charge < -0.3 is 14.2 Å². The van der Waals surface area contributed by atoms with Crippen LogP contribution in [-0.4, -0.2) is 38.9 Å². The van der Waals surface area contributed by atoms with Gasteiger partial charge in [-0.2, -0.15) is 13.7 Å². The Morgan fingerprint density at radius 2 is 2.05 bits per heavy atom. The van der Waals surface area contributed by atoms with Gasteiger partial charge in [-0.05, 0) is 13.3 Å². The Labute approximate surface area is 118 Å². The molecular weight excluding hydrogens is 288 g/mol. The molecule has 0 bridgehead atoms. The summed E-state index contributed by atoms with van der Waals surface area (Å²) in [7, 11) is -3.93. The van der Waals surface area contributed by atoms with Gasteiger partial charge in [0.25, 0.3) is 0 Å². The van der Waals surface area contributed by atoms with Gasteiger partial charge in [0.15, 0.2) is 0 Å². The van der Waals surface area contributed by atoms with Crippen molar-refractivity contribution in [2.45, 2.75) is 39.2 Å². The van der Waals surface area contributed by atoms with Crippen molar-refractivity contribution in [2.75, 3.05) is 12.4 Å². The van der Waals surface area contributed by atoms with Crippen LogP contribution in [0.15, 0.2) is 0 Å². The van der Waals surface area contributed by atoms with Crippen molar-refractivity contribution in [3.63, 3.8) is 0 Å². The lowest BCUT2D eigenvalue weighted by atomic mass is 10.3. The Balaban J connectivity index is 4.22. The molecule has 9 heteroatoms. The topological polar surface area (TPSA) is 123 Å². The zero-order valence-electron chi connectivity index (χ0n) is 11.4. The molecule has 0 saturated carbocycles. The number of nitrogens with zero attached hydrogens (tertiary/aromatic N) is 1. The number of hydrogen-bond acceptors (Lipinski definition) is 7. The van der Waals surface area contributed by atoms with Crippen LogP contribution in [0.1, 0.15) is 33.1 Å². The van der Waals surface area contributed by atoms with Crippen molar-refractivity contribution in [3.8, 4) is 6.07 Å². The molecule has 0 fully saturated rings. The van der Waals surface area contributed by atoms with Gasteiger partial charge >= 0.3 is 22.2 Å². The highest BCUT2D eigenvalue weighted by Crippen LogP contribution is 2.02. The number of nitrogens with one attached hydrogen (secondary N) is 1. The lowest BCUT2D eigenvalue weighted by Crippen LogP contribution is -2.40. The summed E-state index contributed by atoms with van der Waals surface area (Å²) in [6, 6.07) is 0.608. The van der Waals surface area contributed by atoms with Crippen molar-refractivity contribution in [1.29, 1.82) is 5.26 Å². The molecule has 1 atom stereocenters. The molecule has 1 amide bonds. The Morgan fingerprint density at radius 1 is 1.40 bits per heavy atom. The summed E-state index contributed by atoms with van der Waals surface area (Å²) in [6.07, 6.45) is 0.136. The van der Waals surface area contributed by atoms with E-state index >= 15 is 0 Å². The minimum absolute atomic E-state index is 0.0254. The van der Waals surface area contributed by atoms with Gasteiger partial charge in [0, 0.05) is 0 Å². The minimum atomic E-state index is -3.93. The first-order chi connectivity index (χ1) is 9.32. The fraction of sp³-hybridized carbons (Fsp3) is 0.727. The first-order valence-corrected chi connectivity index (χ1v) is 7.66. The lowest BCUT2D eigenvalue weighted by molar-refractivity contribution is -0.135. The van der Waals surface area contributed by atoms with E-state index in [1.54, 1.807) is 13.0 Å². The van der Waals surface area contributed by atoms with Gasteiger partial charge in [0.2, 0.25) is 0 Å². The molecular formula is C11H18N2O6S. The van der Waals surface area contributed by atoms with Gasteiger partial charge in [-0.15, -0.1) is 0 Å². The molecule has 0 aromatic heterocycles. The van der Waals surface area contributed by atoms with Crippen LogP contribution in [0.4, 0.5) is 4.79 Å². The Hall–Kier alpha value is -1.82. The van der Waals surface area contributed by atoms with E-state index in [4.69, 9.17) is 5.26 Å². The summed E-state index contributed by atoms with van der Waals surface area (Å²) >= 11 is 0. The van der Waals surface area contributed by atoms with Gasteiger partial charge in [0.05, 0.1) is 18.2 Å². The van der Waals surface area contributed by atoms with Gasteiger partial charge in [-0.3, -0.25) is 0 Å². The molecule has 0 aliphatic rings. The maximum Gasteiger partial charge on any atom is 0.407 e. The molecule has 8 nitrogen and oxygen atoms in total. The van der Waals surface area contributed by atoms with Crippen molar-refractivity contribution in [3.05, 3.63) is 0 Å². The number of hydrogen-bond donors (Lipinski definition) is 1. The largest absolute Gasteiger partial charge is 0.448 e. The predicted molar refractivity (Wildman–Crippen MR) is 69.0 cm³/mol. The predicted octanol–water partition coefficient (Wildman–Crippen LogP) is 0.688. The van der Waals surface area contributed by atoms with Gasteiger partial charge in [-0.25, -0.2) is 9.59 Å². The first-order valence-electron chi connectivity index (χ1n) is 6.08. The highest BCUT2D eigenvalue weighted by atomic mass is 32.2. The molecule has 0 heterocycles. The molecule has 1 N–H and O–H groups in total. The smallest absolute Gasteiger partial charge is 0.407 e. The molecule has 114 valence electrons. The summed E-state index contributed by atoms with van der Waals surface area (Å²) in [5.41, 5.74) is 0. The quantitative estimate of drug-likeness (QED) is 0.517. The average molecular weight is 306 g/mol. The molecule has 0 aliphatic heterocycles. The zero-order chi connectivity index (χ0) is 15.6. The number of unbranched alkanes of at least 4 members (excludes halogenated alkanes) is 1. The molecule has 20 heavy (non-hydrogen) atoms. The van der Waals surface area contributed by atoms with E-state index < -0.39 is 28.2 Å². The van der Waals surface area contributed by atoms with E-state index in [0.29, 0.717) is 12.8 Å². The van der Waals surface area contributed by atoms with E-state index in [1.165, 1.54) is 6.92 Å². The van der Waals surface area contributed by atoms with Crippen molar-refractivity contribution < 1.29 is 26.9 Å². The number of rotatable bonds is 8. The Bertz CT molecular complexity index is 468. The molecule has 0 rings (SSSR count). The summed E-state index contributed by atoms with van der Waals surface area (Å²) < 4.78 is 31.7. The second-order valence-corrected chi connectivity index (χ2v) is 5.62. The van der Waals surface area contributed by atoms with Crippen LogP contribution in [0.2, 0.25) is 0 Å². The lowest BCUT2D eigenvalue weighted by Gasteiger charge is -2.12. The number of amides is 1. The van der Waals surface area contributed by atoms with E-state index in [2.05, 4.69) is 14.2 Å². The van der Waals surface area contributed by atoms with Crippen LogP contribution in [0.3, 0.4) is 0 Å². The van der Waals surface area contributed by atoms with Crippen LogP contribution in [0.25, 0.3) is 0 Å². The molecule has 0 radical (unpaired) electrons. The Kier molecular flexibility index (Phi) is 8.31. The summed E-state index contributed by atoms with van der Waals surface area (Å²) in [5, 5.41) is 10.4. The highest BCUT2D eigenvalue weighted by molar-refractivity contribution is 7.87. The third kappa shape index (κ3) is 8.31. The minimum Gasteiger partial charge on any atom is -0.448 e. The highest BCUT2D eigenvalue weighted by Gasteiger charge is 2.23. The van der Waals surface area contributed by atoms with Crippen molar-refractivity contribution in [2.24, 2.45) is 0 Å². The Morgan fingerprint density at radius 3 is 2.60 bits per heavy atom. The fourth-order valence-electron chi connectivity index (χ4n) is 1.03. The molecule has 0 unspecified atom stereocenters. The van der Waals surface area contributed by atoms with E-state index in [-0.39, 0.29) is 18.8 Å². The molecule has 0 aliphatic carbocycles. The fourth-order valence-corrected chi connectivity index (χ4v) is 2.15. The molecule has 0 saturated heterocycles. The maximum absolute atomic E-state index is 11.5. The van der Waals surface area contributed by atoms with Crippen molar-refractivity contribution in [1.82, 2.24) is 5.32 Å². The zero-order valence-corrected chi connectivity index (χ0v) is 12.2. The summed E-state index contributed by atoms with van der Waals surface area (Å²) in [6.45, 7) is 2.96. The van der Waals surface area contributed by atoms with Crippen LogP contribution in [0, 0.1) is 11.3 Å². The second kappa shape index (κ2) is 9.14. The van der Waals surface area contributed by atoms with E-state index in [0.717, 1.165) is 0 Å². The molecule has 0 aromatic rings. The van der Waals surface area contributed by atoms with Gasteiger partial charge in [-0.1, -0.05) is 13.3 Å². The number of alkyl carbamates (subject to hydrolysis) is 1. The number of ether oxygens (including phenoxy) is 1. The summed E-state index contributed by atoms with van der Waals surface area (Å²) in [4.78, 5) is 22.6. The average Bonchev–Trinajstić information content (AvgIpc) is 2.36. The third-order valence-corrected chi connectivity index (χ3v) is 3.30. The van der Waals surface area contributed by atoms with Crippen LogP contribution in [0.5, 0.6) is 0 Å². The number of carbonyl (C=O) groups is 2. The number of carbonyl (C=O) groups excluding carboxylic acids is 2. The molecule has 0 spiro atoms. The SMILES string of the molecule is CCCCS(=O)(=O)OC(=O)[C@@H](C)NC(=O)OCCC#N. The molecule has 0 aromatic carbocycles. The third-order valence-electron chi connectivity index (χ3n) is 2.09. The normalized spacial score (nSPS) is 12.1. The van der Waals surface area contributed by atoms with Crippen molar-refractivity contribution >= 4 is 22.2 Å². The summed E-state index contributed by atoms with van der Waals surface area (Å²) in [5.74, 6) is -1.34. The first kappa shape index (κ1) is 18.2. The standard InChI is InChI=1S/C11H18N2O6S/c1-3-4-8-20(16,17)19-10(14)9(2)13-11(15)18-7-5-6-12/h9H,3-5,7-8H2,1-2H3,(H,13,15)/t9-/m1/s1. The second-order valence-electron chi connectivity index (χ2n) is 3.93.